The van der Waals surface area contributed by atoms with Gasteiger partial charge in [-0.3, -0.25) is 5.32 Å². The van der Waals surface area contributed by atoms with Crippen molar-refractivity contribution in [3.05, 3.63) is 72.3 Å². The lowest BCUT2D eigenvalue weighted by Gasteiger charge is -2.24. The maximum absolute atomic E-state index is 12.7. The average Bonchev–Trinajstić information content (AvgIpc) is 2.77. The molecule has 6 heteroatoms. The van der Waals surface area contributed by atoms with Crippen molar-refractivity contribution in [2.45, 2.75) is 19.4 Å². The van der Waals surface area contributed by atoms with Crippen molar-refractivity contribution in [1.29, 1.82) is 0 Å². The Kier molecular flexibility index (Phi) is 7.65. The maximum Gasteiger partial charge on any atom is 0.412 e. The van der Waals surface area contributed by atoms with E-state index in [2.05, 4.69) is 5.32 Å². The van der Waals surface area contributed by atoms with Gasteiger partial charge in [0.1, 0.15) is 18.5 Å². The zero-order valence-corrected chi connectivity index (χ0v) is 17.0. The van der Waals surface area contributed by atoms with E-state index in [-0.39, 0.29) is 25.7 Å². The van der Waals surface area contributed by atoms with Crippen LogP contribution in [0.25, 0.3) is 10.8 Å². The van der Waals surface area contributed by atoms with Crippen LogP contribution in [-0.4, -0.2) is 36.1 Å². The number of benzene rings is 3. The van der Waals surface area contributed by atoms with Gasteiger partial charge in [-0.05, 0) is 41.5 Å². The molecule has 0 spiro atoms. The molecule has 0 saturated heterocycles. The number of nitrogens with one attached hydrogen (secondary N) is 1. The summed E-state index contributed by atoms with van der Waals surface area (Å²) in [6, 6.07) is 20.7. The van der Waals surface area contributed by atoms with Crippen LogP contribution in [0.5, 0.6) is 5.75 Å². The number of anilines is 1. The number of carbonyl (C=O) groups is 1. The maximum atomic E-state index is 12.7. The molecule has 3 rings (SSSR count). The standard InChI is InChI=1S/C24H27NO5/c1-17(13-14-26)23(19-9-11-20(12-10-19)29-16-15-27)30-24(28)25-22-8-4-6-18-5-2-3-7-21(18)22/h2-12,17,23,26-27H,13-16H2,1H3,(H,25,28)/t17-,23-/m1/s1. The number of rotatable bonds is 9. The smallest absolute Gasteiger partial charge is 0.412 e. The fraction of sp³-hybridized carbons (Fsp3) is 0.292. The summed E-state index contributed by atoms with van der Waals surface area (Å²) in [5.74, 6) is 0.541. The second-order valence-electron chi connectivity index (χ2n) is 7.11. The van der Waals surface area contributed by atoms with E-state index in [0.717, 1.165) is 16.3 Å². The largest absolute Gasteiger partial charge is 0.491 e. The molecule has 0 bridgehead atoms. The Morgan fingerprint density at radius 1 is 0.967 bits per heavy atom. The van der Waals surface area contributed by atoms with Crippen LogP contribution in [-0.2, 0) is 4.74 Å². The van der Waals surface area contributed by atoms with E-state index in [4.69, 9.17) is 14.6 Å². The molecular weight excluding hydrogens is 382 g/mol. The van der Waals surface area contributed by atoms with E-state index < -0.39 is 12.2 Å². The summed E-state index contributed by atoms with van der Waals surface area (Å²) in [4.78, 5) is 12.7. The Morgan fingerprint density at radius 2 is 1.70 bits per heavy atom. The summed E-state index contributed by atoms with van der Waals surface area (Å²) in [5.41, 5.74) is 1.49. The first-order valence-corrected chi connectivity index (χ1v) is 10.0. The van der Waals surface area contributed by atoms with Crippen LogP contribution in [0, 0.1) is 5.92 Å². The van der Waals surface area contributed by atoms with Crippen LogP contribution < -0.4 is 10.1 Å². The van der Waals surface area contributed by atoms with Gasteiger partial charge in [-0.25, -0.2) is 4.79 Å². The fourth-order valence-electron chi connectivity index (χ4n) is 3.37. The van der Waals surface area contributed by atoms with Crippen molar-refractivity contribution in [3.63, 3.8) is 0 Å². The molecule has 158 valence electrons. The van der Waals surface area contributed by atoms with E-state index in [1.165, 1.54) is 0 Å². The van der Waals surface area contributed by atoms with Gasteiger partial charge in [-0.2, -0.15) is 0 Å². The molecule has 3 aromatic rings. The van der Waals surface area contributed by atoms with E-state index in [9.17, 15) is 9.90 Å². The highest BCUT2D eigenvalue weighted by molar-refractivity contribution is 6.00. The molecule has 0 aliphatic rings. The number of fused-ring (bicyclic) bond motifs is 1. The van der Waals surface area contributed by atoms with Gasteiger partial charge in [0.2, 0.25) is 0 Å². The highest BCUT2D eigenvalue weighted by Crippen LogP contribution is 2.31. The van der Waals surface area contributed by atoms with E-state index in [1.54, 1.807) is 12.1 Å². The molecule has 0 aromatic heterocycles. The van der Waals surface area contributed by atoms with Crippen molar-refractivity contribution in [3.8, 4) is 5.75 Å². The Labute approximate surface area is 176 Å². The number of aliphatic hydroxyl groups is 2. The summed E-state index contributed by atoms with van der Waals surface area (Å²) in [5, 5.41) is 23.0. The third-order valence-corrected chi connectivity index (χ3v) is 4.93. The minimum absolute atomic E-state index is 0.00363. The highest BCUT2D eigenvalue weighted by Gasteiger charge is 2.24. The molecule has 0 heterocycles. The highest BCUT2D eigenvalue weighted by atomic mass is 16.6. The molecule has 30 heavy (non-hydrogen) atoms. The quantitative estimate of drug-likeness (QED) is 0.484. The van der Waals surface area contributed by atoms with Crippen molar-refractivity contribution in [2.24, 2.45) is 5.92 Å². The first kappa shape index (κ1) is 21.6. The van der Waals surface area contributed by atoms with Crippen LogP contribution >= 0.6 is 0 Å². The lowest BCUT2D eigenvalue weighted by atomic mass is 9.94. The average molecular weight is 409 g/mol. The number of ether oxygens (including phenoxy) is 2. The van der Waals surface area contributed by atoms with Crippen LogP contribution in [0.4, 0.5) is 10.5 Å². The van der Waals surface area contributed by atoms with Crippen molar-refractivity contribution in [2.75, 3.05) is 25.1 Å². The van der Waals surface area contributed by atoms with Gasteiger partial charge in [0.15, 0.2) is 0 Å². The summed E-state index contributed by atoms with van der Waals surface area (Å²) in [6.45, 7) is 2.09. The Hall–Kier alpha value is -3.09. The second kappa shape index (κ2) is 10.6. The topological polar surface area (TPSA) is 88.0 Å². The Balaban J connectivity index is 1.76. The predicted molar refractivity (Wildman–Crippen MR) is 117 cm³/mol. The molecule has 3 N–H and O–H groups in total. The molecule has 0 aliphatic heterocycles. The first-order valence-electron chi connectivity index (χ1n) is 10.0. The molecule has 0 saturated carbocycles. The number of amides is 1. The van der Waals surface area contributed by atoms with Gasteiger partial charge >= 0.3 is 6.09 Å². The Morgan fingerprint density at radius 3 is 2.43 bits per heavy atom. The monoisotopic (exact) mass is 409 g/mol. The molecule has 6 nitrogen and oxygen atoms in total. The summed E-state index contributed by atoms with van der Waals surface area (Å²) >= 11 is 0. The predicted octanol–water partition coefficient (Wildman–Crippen LogP) is 4.52. The summed E-state index contributed by atoms with van der Waals surface area (Å²) < 4.78 is 11.2. The number of aliphatic hydroxyl groups excluding tert-OH is 2. The molecule has 3 aromatic carbocycles. The lowest BCUT2D eigenvalue weighted by molar-refractivity contribution is 0.0667. The minimum atomic E-state index is -0.554. The van der Waals surface area contributed by atoms with Gasteiger partial charge in [0, 0.05) is 12.0 Å². The second-order valence-corrected chi connectivity index (χ2v) is 7.11. The van der Waals surface area contributed by atoms with Crippen LogP contribution in [0.2, 0.25) is 0 Å². The van der Waals surface area contributed by atoms with Crippen LogP contribution in [0.1, 0.15) is 25.0 Å². The third-order valence-electron chi connectivity index (χ3n) is 4.93. The molecule has 1 amide bonds. The van der Waals surface area contributed by atoms with Gasteiger partial charge < -0.3 is 19.7 Å². The van der Waals surface area contributed by atoms with E-state index in [1.807, 2.05) is 61.5 Å². The van der Waals surface area contributed by atoms with Crippen molar-refractivity contribution < 1.29 is 24.5 Å². The van der Waals surface area contributed by atoms with Crippen LogP contribution in [0.15, 0.2) is 66.7 Å². The van der Waals surface area contributed by atoms with Crippen molar-refractivity contribution in [1.82, 2.24) is 0 Å². The molecule has 2 atom stereocenters. The van der Waals surface area contributed by atoms with Gasteiger partial charge in [-0.1, -0.05) is 55.5 Å². The molecule has 0 radical (unpaired) electrons. The van der Waals surface area contributed by atoms with E-state index >= 15 is 0 Å². The number of carbonyl (C=O) groups excluding carboxylic acids is 1. The van der Waals surface area contributed by atoms with Crippen molar-refractivity contribution >= 4 is 22.6 Å². The summed E-state index contributed by atoms with van der Waals surface area (Å²) in [7, 11) is 0. The minimum Gasteiger partial charge on any atom is -0.491 e. The lowest BCUT2D eigenvalue weighted by Crippen LogP contribution is -2.22. The molecular formula is C24H27NO5. The SMILES string of the molecule is C[C@H](CCO)[C@@H](OC(=O)Nc1cccc2ccccc12)c1ccc(OCCO)cc1. The molecule has 0 fully saturated rings. The zero-order valence-electron chi connectivity index (χ0n) is 17.0. The number of hydrogen-bond donors (Lipinski definition) is 3. The van der Waals surface area contributed by atoms with E-state index in [0.29, 0.717) is 17.9 Å². The van der Waals surface area contributed by atoms with Crippen LogP contribution in [0.3, 0.4) is 0 Å². The zero-order chi connectivity index (χ0) is 21.3. The molecule has 0 unspecified atom stereocenters. The third kappa shape index (κ3) is 5.49. The molecule has 0 aliphatic carbocycles. The van der Waals surface area contributed by atoms with Gasteiger partial charge in [-0.15, -0.1) is 0 Å². The van der Waals surface area contributed by atoms with Gasteiger partial charge in [0.05, 0.1) is 12.3 Å². The first-order chi connectivity index (χ1) is 14.6. The van der Waals surface area contributed by atoms with Gasteiger partial charge in [0.25, 0.3) is 0 Å². The Bertz CT molecular complexity index is 952. The number of hydrogen-bond acceptors (Lipinski definition) is 5. The summed E-state index contributed by atoms with van der Waals surface area (Å²) in [6.07, 6.45) is -0.588. The fourth-order valence-corrected chi connectivity index (χ4v) is 3.37. The normalized spacial score (nSPS) is 12.9.